The number of hydrogen-bond acceptors (Lipinski definition) is 2. The molecule has 1 saturated heterocycles. The Labute approximate surface area is 102 Å². The second-order valence-corrected chi connectivity index (χ2v) is 5.93. The van der Waals surface area contributed by atoms with Gasteiger partial charge in [-0.3, -0.25) is 4.90 Å². The highest BCUT2D eigenvalue weighted by Gasteiger charge is 2.34. The minimum atomic E-state index is 0.320. The summed E-state index contributed by atoms with van der Waals surface area (Å²) < 4.78 is 0. The largest absolute Gasteiger partial charge is 0.330 e. The third-order valence-electron chi connectivity index (χ3n) is 4.33. The van der Waals surface area contributed by atoms with Gasteiger partial charge < -0.3 is 5.73 Å². The van der Waals surface area contributed by atoms with Gasteiger partial charge in [0.25, 0.3) is 0 Å². The van der Waals surface area contributed by atoms with Gasteiger partial charge in [0.1, 0.15) is 0 Å². The van der Waals surface area contributed by atoms with Crippen molar-refractivity contribution in [3.05, 3.63) is 0 Å². The molecule has 0 aromatic rings. The third kappa shape index (κ3) is 3.21. The lowest BCUT2D eigenvalue weighted by Gasteiger charge is -2.37. The maximum atomic E-state index is 5.98. The molecule has 1 heterocycles. The first-order valence-corrected chi connectivity index (χ1v) is 7.02. The molecule has 96 valence electrons. The highest BCUT2D eigenvalue weighted by Crippen LogP contribution is 2.32. The summed E-state index contributed by atoms with van der Waals surface area (Å²) >= 11 is 0. The molecule has 1 fully saturated rings. The second kappa shape index (κ2) is 6.02. The van der Waals surface area contributed by atoms with E-state index < -0.39 is 0 Å². The fourth-order valence-electron chi connectivity index (χ4n) is 3.14. The van der Waals surface area contributed by atoms with Gasteiger partial charge in [0, 0.05) is 18.6 Å². The molecule has 0 bridgehead atoms. The van der Waals surface area contributed by atoms with Crippen LogP contribution < -0.4 is 5.73 Å². The maximum absolute atomic E-state index is 5.98. The van der Waals surface area contributed by atoms with Crippen LogP contribution in [0.15, 0.2) is 0 Å². The monoisotopic (exact) mass is 226 g/mol. The van der Waals surface area contributed by atoms with Crippen LogP contribution in [0.1, 0.15) is 59.8 Å². The molecule has 2 N–H and O–H groups in total. The van der Waals surface area contributed by atoms with E-state index in [1.54, 1.807) is 0 Å². The zero-order chi connectivity index (χ0) is 12.2. The SMILES string of the molecule is CCCC(C)(CN)CN1C(C)CCC1CC. The van der Waals surface area contributed by atoms with E-state index >= 15 is 0 Å². The molecule has 2 nitrogen and oxygen atoms in total. The fraction of sp³-hybridized carbons (Fsp3) is 1.00. The summed E-state index contributed by atoms with van der Waals surface area (Å²) in [7, 11) is 0. The Kier molecular flexibility index (Phi) is 5.26. The number of rotatable bonds is 6. The van der Waals surface area contributed by atoms with Gasteiger partial charge in [0.15, 0.2) is 0 Å². The Morgan fingerprint density at radius 1 is 1.31 bits per heavy atom. The number of nitrogens with two attached hydrogens (primary N) is 1. The van der Waals surface area contributed by atoms with Gasteiger partial charge in [0.2, 0.25) is 0 Å². The Balaban J connectivity index is 2.62. The van der Waals surface area contributed by atoms with Crippen molar-refractivity contribution in [3.8, 4) is 0 Å². The van der Waals surface area contributed by atoms with Crippen molar-refractivity contribution in [1.29, 1.82) is 0 Å². The van der Waals surface area contributed by atoms with E-state index in [2.05, 4.69) is 32.6 Å². The highest BCUT2D eigenvalue weighted by atomic mass is 15.2. The Morgan fingerprint density at radius 2 is 2.00 bits per heavy atom. The van der Waals surface area contributed by atoms with Crippen molar-refractivity contribution in [1.82, 2.24) is 4.90 Å². The highest BCUT2D eigenvalue weighted by molar-refractivity contribution is 4.89. The minimum Gasteiger partial charge on any atom is -0.330 e. The maximum Gasteiger partial charge on any atom is 0.00962 e. The summed E-state index contributed by atoms with van der Waals surface area (Å²) in [5.74, 6) is 0. The number of hydrogen-bond donors (Lipinski definition) is 1. The molecule has 0 aromatic heterocycles. The molecule has 0 spiro atoms. The number of likely N-dealkylation sites (tertiary alicyclic amines) is 1. The lowest BCUT2D eigenvalue weighted by Crippen LogP contribution is -2.45. The summed E-state index contributed by atoms with van der Waals surface area (Å²) in [5.41, 5.74) is 6.30. The molecule has 1 aliphatic heterocycles. The summed E-state index contributed by atoms with van der Waals surface area (Å²) in [6, 6.07) is 1.56. The van der Waals surface area contributed by atoms with E-state index in [-0.39, 0.29) is 0 Å². The molecule has 3 atom stereocenters. The van der Waals surface area contributed by atoms with Gasteiger partial charge in [-0.15, -0.1) is 0 Å². The summed E-state index contributed by atoms with van der Waals surface area (Å²) in [4.78, 5) is 2.71. The van der Waals surface area contributed by atoms with E-state index in [0.29, 0.717) is 5.41 Å². The Hall–Kier alpha value is -0.0800. The normalized spacial score (nSPS) is 30.6. The molecule has 0 radical (unpaired) electrons. The van der Waals surface area contributed by atoms with Crippen molar-refractivity contribution in [2.24, 2.45) is 11.1 Å². The second-order valence-electron chi connectivity index (χ2n) is 5.93. The van der Waals surface area contributed by atoms with Crippen LogP contribution in [-0.4, -0.2) is 30.1 Å². The first-order valence-electron chi connectivity index (χ1n) is 7.02. The van der Waals surface area contributed by atoms with E-state index in [1.807, 2.05) is 0 Å². The van der Waals surface area contributed by atoms with Crippen molar-refractivity contribution >= 4 is 0 Å². The molecule has 0 aliphatic carbocycles. The smallest absolute Gasteiger partial charge is 0.00962 e. The average molecular weight is 226 g/mol. The summed E-state index contributed by atoms with van der Waals surface area (Å²) in [5, 5.41) is 0. The number of nitrogens with zero attached hydrogens (tertiary/aromatic N) is 1. The van der Waals surface area contributed by atoms with Gasteiger partial charge >= 0.3 is 0 Å². The molecule has 0 aromatic carbocycles. The molecule has 1 aliphatic rings. The van der Waals surface area contributed by atoms with Crippen LogP contribution >= 0.6 is 0 Å². The van der Waals surface area contributed by atoms with Gasteiger partial charge in [-0.1, -0.05) is 27.2 Å². The van der Waals surface area contributed by atoms with Crippen LogP contribution in [0.4, 0.5) is 0 Å². The standard InChI is InChI=1S/C14H30N2/c1-5-9-14(4,10-15)11-16-12(3)7-8-13(16)6-2/h12-13H,5-11,15H2,1-4H3. The molecule has 1 rings (SSSR count). The van der Waals surface area contributed by atoms with Crippen LogP contribution in [-0.2, 0) is 0 Å². The van der Waals surface area contributed by atoms with E-state index in [4.69, 9.17) is 5.73 Å². The fourth-order valence-corrected chi connectivity index (χ4v) is 3.14. The predicted molar refractivity (Wildman–Crippen MR) is 71.6 cm³/mol. The van der Waals surface area contributed by atoms with Crippen LogP contribution in [0, 0.1) is 5.41 Å². The molecular weight excluding hydrogens is 196 g/mol. The molecule has 0 saturated carbocycles. The van der Waals surface area contributed by atoms with Crippen molar-refractivity contribution in [2.75, 3.05) is 13.1 Å². The Morgan fingerprint density at radius 3 is 2.50 bits per heavy atom. The topological polar surface area (TPSA) is 29.3 Å². The van der Waals surface area contributed by atoms with Crippen molar-refractivity contribution < 1.29 is 0 Å². The van der Waals surface area contributed by atoms with Crippen LogP contribution in [0.3, 0.4) is 0 Å². The van der Waals surface area contributed by atoms with Gasteiger partial charge in [-0.25, -0.2) is 0 Å². The van der Waals surface area contributed by atoms with Crippen molar-refractivity contribution in [3.63, 3.8) is 0 Å². The van der Waals surface area contributed by atoms with Crippen LogP contribution in [0.5, 0.6) is 0 Å². The first kappa shape index (κ1) is 14.0. The van der Waals surface area contributed by atoms with E-state index in [0.717, 1.165) is 18.6 Å². The molecule has 3 unspecified atom stereocenters. The van der Waals surface area contributed by atoms with Gasteiger partial charge in [-0.05, 0) is 44.6 Å². The molecule has 2 heteroatoms. The third-order valence-corrected chi connectivity index (χ3v) is 4.33. The summed E-state index contributed by atoms with van der Waals surface area (Å²) in [6.07, 6.45) is 6.53. The van der Waals surface area contributed by atoms with E-state index in [9.17, 15) is 0 Å². The minimum absolute atomic E-state index is 0.320. The van der Waals surface area contributed by atoms with E-state index in [1.165, 1.54) is 38.6 Å². The van der Waals surface area contributed by atoms with Gasteiger partial charge in [0.05, 0.1) is 0 Å². The lowest BCUT2D eigenvalue weighted by atomic mass is 9.84. The lowest BCUT2D eigenvalue weighted by molar-refractivity contribution is 0.115. The Bertz CT molecular complexity index is 205. The first-order chi connectivity index (χ1) is 7.56. The molecule has 16 heavy (non-hydrogen) atoms. The molecular formula is C14H30N2. The zero-order valence-electron chi connectivity index (χ0n) is 11.6. The quantitative estimate of drug-likeness (QED) is 0.754. The molecule has 0 amide bonds. The van der Waals surface area contributed by atoms with Gasteiger partial charge in [-0.2, -0.15) is 0 Å². The summed E-state index contributed by atoms with van der Waals surface area (Å²) in [6.45, 7) is 11.3. The predicted octanol–water partition coefficient (Wildman–Crippen LogP) is 3.01. The van der Waals surface area contributed by atoms with Crippen molar-refractivity contribution in [2.45, 2.75) is 71.9 Å². The zero-order valence-corrected chi connectivity index (χ0v) is 11.6. The van der Waals surface area contributed by atoms with Crippen LogP contribution in [0.25, 0.3) is 0 Å². The van der Waals surface area contributed by atoms with Crippen LogP contribution in [0.2, 0.25) is 0 Å². The average Bonchev–Trinajstić information content (AvgIpc) is 2.60.